The molecule has 2 amide bonds. The van der Waals surface area contributed by atoms with E-state index in [9.17, 15) is 9.18 Å². The van der Waals surface area contributed by atoms with Crippen molar-refractivity contribution in [3.05, 3.63) is 59.9 Å². The van der Waals surface area contributed by atoms with Crippen molar-refractivity contribution in [1.29, 1.82) is 0 Å². The lowest BCUT2D eigenvalue weighted by molar-refractivity contribution is 0.252. The van der Waals surface area contributed by atoms with Crippen LogP contribution in [-0.2, 0) is 6.42 Å². The van der Waals surface area contributed by atoms with E-state index in [-0.39, 0.29) is 11.8 Å². The number of likely N-dealkylation sites (N-methyl/N-ethyl adjacent to an activating group) is 1. The Bertz CT molecular complexity index is 727. The highest BCUT2D eigenvalue weighted by Gasteiger charge is 2.14. The number of rotatable bonds is 5. The molecule has 2 N–H and O–H groups in total. The van der Waals surface area contributed by atoms with Gasteiger partial charge >= 0.3 is 6.03 Å². The lowest BCUT2D eigenvalue weighted by Gasteiger charge is -2.34. The van der Waals surface area contributed by atoms with Crippen molar-refractivity contribution in [2.45, 2.75) is 6.42 Å². The van der Waals surface area contributed by atoms with Crippen molar-refractivity contribution in [3.8, 4) is 0 Å². The maximum absolute atomic E-state index is 13.1. The minimum Gasteiger partial charge on any atom is -0.369 e. The fourth-order valence-electron chi connectivity index (χ4n) is 3.01. The van der Waals surface area contributed by atoms with Gasteiger partial charge < -0.3 is 20.4 Å². The molecule has 1 fully saturated rings. The van der Waals surface area contributed by atoms with E-state index in [2.05, 4.69) is 27.5 Å². The largest absolute Gasteiger partial charge is 0.369 e. The van der Waals surface area contributed by atoms with Gasteiger partial charge in [-0.15, -0.1) is 0 Å². The van der Waals surface area contributed by atoms with E-state index in [1.807, 2.05) is 30.3 Å². The van der Waals surface area contributed by atoms with Gasteiger partial charge in [-0.3, -0.25) is 0 Å². The minimum atomic E-state index is -0.257. The second kappa shape index (κ2) is 8.67. The van der Waals surface area contributed by atoms with E-state index in [0.717, 1.165) is 37.4 Å². The molecule has 0 saturated carbocycles. The molecule has 1 aliphatic rings. The molecule has 1 saturated heterocycles. The molecular formula is C20H25FN4O. The summed E-state index contributed by atoms with van der Waals surface area (Å²) in [6.07, 6.45) is 0.591. The average Bonchev–Trinajstić information content (AvgIpc) is 2.63. The molecule has 3 rings (SSSR count). The molecule has 0 radical (unpaired) electrons. The zero-order valence-corrected chi connectivity index (χ0v) is 15.0. The zero-order valence-electron chi connectivity index (χ0n) is 15.0. The summed E-state index contributed by atoms with van der Waals surface area (Å²) in [5.41, 5.74) is 2.79. The Morgan fingerprint density at radius 3 is 2.50 bits per heavy atom. The Labute approximate surface area is 153 Å². The maximum atomic E-state index is 13.1. The molecule has 0 unspecified atom stereocenters. The number of hydrogen-bond acceptors (Lipinski definition) is 3. The van der Waals surface area contributed by atoms with E-state index >= 15 is 0 Å². The van der Waals surface area contributed by atoms with Crippen molar-refractivity contribution in [2.75, 3.05) is 50.0 Å². The number of nitrogens with zero attached hydrogens (tertiary/aromatic N) is 2. The summed E-state index contributed by atoms with van der Waals surface area (Å²) < 4.78 is 13.1. The summed E-state index contributed by atoms with van der Waals surface area (Å²) in [4.78, 5) is 16.7. The Morgan fingerprint density at radius 1 is 1.08 bits per heavy atom. The van der Waals surface area contributed by atoms with Crippen molar-refractivity contribution in [1.82, 2.24) is 10.2 Å². The first-order valence-corrected chi connectivity index (χ1v) is 8.93. The molecule has 0 bridgehead atoms. The monoisotopic (exact) mass is 356 g/mol. The Hall–Kier alpha value is -2.60. The Morgan fingerprint density at radius 2 is 1.81 bits per heavy atom. The van der Waals surface area contributed by atoms with Crippen LogP contribution in [0.4, 0.5) is 20.6 Å². The van der Waals surface area contributed by atoms with E-state index in [1.54, 1.807) is 6.07 Å². The number of piperazine rings is 1. The van der Waals surface area contributed by atoms with Crippen LogP contribution in [0.25, 0.3) is 0 Å². The number of benzene rings is 2. The quantitative estimate of drug-likeness (QED) is 0.866. The highest BCUT2D eigenvalue weighted by Crippen LogP contribution is 2.19. The molecule has 5 nitrogen and oxygen atoms in total. The van der Waals surface area contributed by atoms with E-state index in [0.29, 0.717) is 13.0 Å². The Balaban J connectivity index is 1.44. The number of carbonyl (C=O) groups excluding carboxylic acids is 1. The van der Waals surface area contributed by atoms with Crippen LogP contribution in [0.15, 0.2) is 48.5 Å². The van der Waals surface area contributed by atoms with Crippen LogP contribution in [0, 0.1) is 5.82 Å². The number of urea groups is 1. The summed E-state index contributed by atoms with van der Waals surface area (Å²) >= 11 is 0. The van der Waals surface area contributed by atoms with Crippen molar-refractivity contribution in [3.63, 3.8) is 0 Å². The number of carbonyl (C=O) groups is 1. The summed E-state index contributed by atoms with van der Waals surface area (Å²) in [6, 6.07) is 14.1. The highest BCUT2D eigenvalue weighted by molar-refractivity contribution is 5.89. The summed E-state index contributed by atoms with van der Waals surface area (Å²) in [7, 11) is 2.14. The molecule has 1 aliphatic heterocycles. The van der Waals surface area contributed by atoms with Crippen LogP contribution in [-0.4, -0.2) is 50.7 Å². The normalized spacial score (nSPS) is 14.9. The van der Waals surface area contributed by atoms with Gasteiger partial charge in [-0.1, -0.05) is 12.1 Å². The molecule has 2 aromatic carbocycles. The predicted molar refractivity (Wildman–Crippen MR) is 103 cm³/mol. The fraction of sp³-hybridized carbons (Fsp3) is 0.350. The molecule has 0 atom stereocenters. The zero-order chi connectivity index (χ0) is 18.4. The lowest BCUT2D eigenvalue weighted by atomic mass is 10.1. The third-order valence-corrected chi connectivity index (χ3v) is 4.58. The molecule has 0 aromatic heterocycles. The second-order valence-electron chi connectivity index (χ2n) is 6.60. The van der Waals surface area contributed by atoms with Crippen molar-refractivity contribution >= 4 is 17.4 Å². The van der Waals surface area contributed by atoms with Crippen LogP contribution in [0.5, 0.6) is 0 Å². The smallest absolute Gasteiger partial charge is 0.319 e. The average molecular weight is 356 g/mol. The predicted octanol–water partition coefficient (Wildman–Crippen LogP) is 2.94. The van der Waals surface area contributed by atoms with E-state index in [1.165, 1.54) is 17.8 Å². The molecule has 26 heavy (non-hydrogen) atoms. The summed E-state index contributed by atoms with van der Waals surface area (Å²) in [6.45, 7) is 4.61. The minimum absolute atomic E-state index is 0.256. The topological polar surface area (TPSA) is 47.6 Å². The number of nitrogens with one attached hydrogen (secondary N) is 2. The number of hydrogen-bond donors (Lipinski definition) is 2. The van der Waals surface area contributed by atoms with Gasteiger partial charge in [-0.25, -0.2) is 9.18 Å². The van der Waals surface area contributed by atoms with E-state index < -0.39 is 0 Å². The lowest BCUT2D eigenvalue weighted by Crippen LogP contribution is -2.44. The third-order valence-electron chi connectivity index (χ3n) is 4.58. The highest BCUT2D eigenvalue weighted by atomic mass is 19.1. The SMILES string of the molecule is CN1CCN(c2ccc(NC(=O)NCCc3cccc(F)c3)cc2)CC1. The third kappa shape index (κ3) is 5.20. The van der Waals surface area contributed by atoms with Gasteiger partial charge in [0, 0.05) is 44.1 Å². The van der Waals surface area contributed by atoms with Crippen LogP contribution in [0.3, 0.4) is 0 Å². The van der Waals surface area contributed by atoms with Gasteiger partial charge in [-0.05, 0) is 55.4 Å². The molecule has 6 heteroatoms. The standard InChI is InChI=1S/C20H25FN4O/c1-24-11-13-25(14-12-24)19-7-5-18(6-8-19)23-20(26)22-10-9-16-3-2-4-17(21)15-16/h2-8,15H,9-14H2,1H3,(H2,22,23,26). The van der Waals surface area contributed by atoms with Crippen molar-refractivity contribution < 1.29 is 9.18 Å². The van der Waals surface area contributed by atoms with Crippen LogP contribution in [0.2, 0.25) is 0 Å². The number of halogens is 1. The van der Waals surface area contributed by atoms with Gasteiger partial charge in [0.25, 0.3) is 0 Å². The van der Waals surface area contributed by atoms with Crippen LogP contribution >= 0.6 is 0 Å². The van der Waals surface area contributed by atoms with Gasteiger partial charge in [0.15, 0.2) is 0 Å². The van der Waals surface area contributed by atoms with Crippen molar-refractivity contribution in [2.24, 2.45) is 0 Å². The first-order chi connectivity index (χ1) is 12.6. The molecule has 0 aliphatic carbocycles. The molecular weight excluding hydrogens is 331 g/mol. The summed E-state index contributed by atoms with van der Waals surface area (Å²) in [5, 5.41) is 5.62. The Kier molecular flexibility index (Phi) is 6.07. The number of amides is 2. The second-order valence-corrected chi connectivity index (χ2v) is 6.60. The molecule has 0 spiro atoms. The van der Waals surface area contributed by atoms with E-state index in [4.69, 9.17) is 0 Å². The first kappa shape index (κ1) is 18.2. The van der Waals surface area contributed by atoms with Crippen LogP contribution in [0.1, 0.15) is 5.56 Å². The first-order valence-electron chi connectivity index (χ1n) is 8.93. The maximum Gasteiger partial charge on any atom is 0.319 e. The van der Waals surface area contributed by atoms with Gasteiger partial charge in [0.05, 0.1) is 0 Å². The fourth-order valence-corrected chi connectivity index (χ4v) is 3.01. The van der Waals surface area contributed by atoms with Gasteiger partial charge in [0.1, 0.15) is 5.82 Å². The number of anilines is 2. The summed E-state index contributed by atoms with van der Waals surface area (Å²) in [5.74, 6) is -0.257. The van der Waals surface area contributed by atoms with Gasteiger partial charge in [0.2, 0.25) is 0 Å². The molecule has 2 aromatic rings. The molecule has 1 heterocycles. The molecule has 138 valence electrons. The van der Waals surface area contributed by atoms with Crippen LogP contribution < -0.4 is 15.5 Å². The van der Waals surface area contributed by atoms with Gasteiger partial charge in [-0.2, -0.15) is 0 Å².